The highest BCUT2D eigenvalue weighted by molar-refractivity contribution is 6.07. The molecule has 3 aliphatic rings. The number of urea groups is 1. The smallest absolute Gasteiger partial charge is 0.325 e. The number of methoxy groups -OCH3 is 1. The van der Waals surface area contributed by atoms with Gasteiger partial charge in [-0.05, 0) is 44.1 Å². The van der Waals surface area contributed by atoms with Crippen LogP contribution in [-0.2, 0) is 14.3 Å². The van der Waals surface area contributed by atoms with E-state index in [0.29, 0.717) is 25.7 Å². The maximum absolute atomic E-state index is 13.3. The van der Waals surface area contributed by atoms with Crippen LogP contribution < -0.4 is 5.32 Å². The van der Waals surface area contributed by atoms with Crippen LogP contribution in [-0.4, -0.2) is 41.5 Å². The van der Waals surface area contributed by atoms with Gasteiger partial charge in [0.05, 0.1) is 13.0 Å². The molecule has 1 aromatic carbocycles. The lowest BCUT2D eigenvalue weighted by molar-refractivity contribution is -0.148. The number of esters is 1. The average molecular weight is 370 g/mol. The molecule has 1 aromatic rings. The van der Waals surface area contributed by atoms with Gasteiger partial charge >= 0.3 is 12.0 Å². The maximum Gasteiger partial charge on any atom is 0.325 e. The predicted octanol–water partition coefficient (Wildman–Crippen LogP) is 2.98. The molecule has 1 N–H and O–H groups in total. The van der Waals surface area contributed by atoms with Crippen LogP contribution in [0.3, 0.4) is 0 Å². The normalized spacial score (nSPS) is 33.4. The average Bonchev–Trinajstić information content (AvgIpc) is 3.25. The molecule has 4 rings (SSSR count). The molecule has 0 bridgehead atoms. The van der Waals surface area contributed by atoms with Crippen molar-refractivity contribution < 1.29 is 19.1 Å². The van der Waals surface area contributed by atoms with E-state index in [4.69, 9.17) is 4.74 Å². The van der Waals surface area contributed by atoms with Gasteiger partial charge in [0.2, 0.25) is 0 Å². The van der Waals surface area contributed by atoms with E-state index in [2.05, 4.69) is 17.4 Å². The molecule has 0 radical (unpaired) electrons. The number of ether oxygens (including phenoxy) is 1. The lowest BCUT2D eigenvalue weighted by atomic mass is 9.76. The summed E-state index contributed by atoms with van der Waals surface area (Å²) in [5, 5.41) is 2.98. The zero-order chi connectivity index (χ0) is 19.0. The summed E-state index contributed by atoms with van der Waals surface area (Å²) in [4.78, 5) is 39.4. The van der Waals surface area contributed by atoms with Gasteiger partial charge in [0, 0.05) is 12.0 Å². The Morgan fingerprint density at radius 3 is 2.48 bits per heavy atom. The predicted molar refractivity (Wildman–Crippen MR) is 98.9 cm³/mol. The number of nitrogens with zero attached hydrogens (tertiary/aromatic N) is 1. The largest absolute Gasteiger partial charge is 0.469 e. The fourth-order valence-corrected chi connectivity index (χ4v) is 5.13. The first kappa shape index (κ1) is 18.0. The number of hydrogen-bond acceptors (Lipinski definition) is 4. The van der Waals surface area contributed by atoms with Crippen molar-refractivity contribution in [2.75, 3.05) is 7.11 Å². The molecule has 1 saturated heterocycles. The molecule has 144 valence electrons. The van der Waals surface area contributed by atoms with Crippen LogP contribution in [0.1, 0.15) is 56.4 Å². The summed E-state index contributed by atoms with van der Waals surface area (Å²) in [5.41, 5.74) is 0.349. The molecule has 0 aromatic heterocycles. The quantitative estimate of drug-likeness (QED) is 0.656. The van der Waals surface area contributed by atoms with Crippen molar-refractivity contribution in [2.24, 2.45) is 5.92 Å². The summed E-state index contributed by atoms with van der Waals surface area (Å²) in [6.45, 7) is 0. The first-order chi connectivity index (χ1) is 13.1. The monoisotopic (exact) mass is 370 g/mol. The van der Waals surface area contributed by atoms with Crippen molar-refractivity contribution in [3.8, 4) is 0 Å². The molecule has 27 heavy (non-hydrogen) atoms. The van der Waals surface area contributed by atoms with Crippen molar-refractivity contribution in [1.82, 2.24) is 10.2 Å². The second-order valence-electron chi connectivity index (χ2n) is 8.00. The first-order valence-corrected chi connectivity index (χ1v) is 9.84. The van der Waals surface area contributed by atoms with Gasteiger partial charge in [-0.3, -0.25) is 14.5 Å². The lowest BCUT2D eigenvalue weighted by Gasteiger charge is -2.35. The van der Waals surface area contributed by atoms with Gasteiger partial charge in [-0.15, -0.1) is 0 Å². The van der Waals surface area contributed by atoms with E-state index >= 15 is 0 Å². The van der Waals surface area contributed by atoms with Gasteiger partial charge in [-0.2, -0.15) is 0 Å². The Kier molecular flexibility index (Phi) is 4.66. The molecule has 2 saturated carbocycles. The number of rotatable bonds is 3. The van der Waals surface area contributed by atoms with Crippen LogP contribution in [0.5, 0.6) is 0 Å². The fraction of sp³-hybridized carbons (Fsp3) is 0.571. The zero-order valence-electron chi connectivity index (χ0n) is 15.6. The van der Waals surface area contributed by atoms with E-state index in [1.54, 1.807) is 0 Å². The number of amides is 3. The van der Waals surface area contributed by atoms with Crippen molar-refractivity contribution in [3.63, 3.8) is 0 Å². The summed E-state index contributed by atoms with van der Waals surface area (Å²) in [5.74, 6) is -0.313. The number of carbonyl (C=O) groups is 3. The van der Waals surface area contributed by atoms with Crippen LogP contribution in [0.4, 0.5) is 4.79 Å². The number of carbonyl (C=O) groups excluding carboxylic acids is 3. The molecule has 1 spiro atoms. The topological polar surface area (TPSA) is 75.7 Å². The van der Waals surface area contributed by atoms with E-state index in [1.165, 1.54) is 17.6 Å². The van der Waals surface area contributed by atoms with Crippen LogP contribution in [0.2, 0.25) is 0 Å². The Morgan fingerprint density at radius 1 is 1.11 bits per heavy atom. The van der Waals surface area contributed by atoms with Gasteiger partial charge in [0.1, 0.15) is 5.54 Å². The van der Waals surface area contributed by atoms with E-state index in [-0.39, 0.29) is 35.8 Å². The van der Waals surface area contributed by atoms with Crippen molar-refractivity contribution in [3.05, 3.63) is 35.9 Å². The lowest BCUT2D eigenvalue weighted by Crippen LogP contribution is -2.51. The molecule has 2 atom stereocenters. The van der Waals surface area contributed by atoms with E-state index in [0.717, 1.165) is 19.3 Å². The molecule has 1 heterocycles. The summed E-state index contributed by atoms with van der Waals surface area (Å²) in [6, 6.07) is 9.80. The molecule has 2 aliphatic carbocycles. The van der Waals surface area contributed by atoms with Crippen molar-refractivity contribution in [2.45, 2.75) is 62.4 Å². The van der Waals surface area contributed by atoms with Crippen molar-refractivity contribution >= 4 is 17.9 Å². The minimum Gasteiger partial charge on any atom is -0.469 e. The molecule has 1 aliphatic heterocycles. The van der Waals surface area contributed by atoms with Crippen LogP contribution in [0.25, 0.3) is 0 Å². The maximum atomic E-state index is 13.3. The number of nitrogens with one attached hydrogen (secondary N) is 1. The van der Waals surface area contributed by atoms with Gasteiger partial charge in [0.15, 0.2) is 0 Å². The SMILES string of the molecule is COC(=O)C1CCC2(CC1)NC(=O)N([C@@H]1CCC[C@H]1c1ccccc1)C2=O. The minimum atomic E-state index is -0.842. The Hall–Kier alpha value is -2.37. The Balaban J connectivity index is 1.53. The third kappa shape index (κ3) is 3.01. The van der Waals surface area contributed by atoms with Crippen LogP contribution in [0, 0.1) is 5.92 Å². The number of imide groups is 1. The molecule has 3 fully saturated rings. The van der Waals surface area contributed by atoms with E-state index in [9.17, 15) is 14.4 Å². The van der Waals surface area contributed by atoms with Gasteiger partial charge in [-0.25, -0.2) is 4.79 Å². The highest BCUT2D eigenvalue weighted by Crippen LogP contribution is 2.43. The Morgan fingerprint density at radius 2 is 1.81 bits per heavy atom. The summed E-state index contributed by atoms with van der Waals surface area (Å²) < 4.78 is 4.83. The van der Waals surface area contributed by atoms with Crippen molar-refractivity contribution in [1.29, 1.82) is 0 Å². The third-order valence-corrected chi connectivity index (χ3v) is 6.61. The number of benzene rings is 1. The molecular formula is C21H26N2O4. The van der Waals surface area contributed by atoms with Gasteiger partial charge in [-0.1, -0.05) is 36.8 Å². The van der Waals surface area contributed by atoms with Gasteiger partial charge < -0.3 is 10.1 Å². The molecule has 0 unspecified atom stereocenters. The number of hydrogen-bond donors (Lipinski definition) is 1. The minimum absolute atomic E-state index is 0.0856. The van der Waals surface area contributed by atoms with Crippen LogP contribution >= 0.6 is 0 Å². The Bertz CT molecular complexity index is 740. The fourth-order valence-electron chi connectivity index (χ4n) is 5.13. The highest BCUT2D eigenvalue weighted by Gasteiger charge is 2.56. The van der Waals surface area contributed by atoms with E-state index < -0.39 is 5.54 Å². The zero-order valence-corrected chi connectivity index (χ0v) is 15.6. The Labute approximate surface area is 159 Å². The molecular weight excluding hydrogens is 344 g/mol. The summed E-state index contributed by atoms with van der Waals surface area (Å²) in [7, 11) is 1.39. The highest BCUT2D eigenvalue weighted by atomic mass is 16.5. The standard InChI is InChI=1S/C21H26N2O4/c1-27-18(24)15-10-12-21(13-11-15)19(25)23(20(26)22-21)17-9-5-8-16(17)14-6-3-2-4-7-14/h2-4,6-7,15-17H,5,8-13H2,1H3,(H,22,26)/t15?,16-,17+,21?/m0/s1. The molecule has 6 nitrogen and oxygen atoms in total. The van der Waals surface area contributed by atoms with Crippen LogP contribution in [0.15, 0.2) is 30.3 Å². The third-order valence-electron chi connectivity index (χ3n) is 6.61. The van der Waals surface area contributed by atoms with E-state index in [1.807, 2.05) is 18.2 Å². The first-order valence-electron chi connectivity index (χ1n) is 9.84. The molecule has 6 heteroatoms. The summed E-state index contributed by atoms with van der Waals surface area (Å²) >= 11 is 0. The van der Waals surface area contributed by atoms with Gasteiger partial charge in [0.25, 0.3) is 5.91 Å². The second-order valence-corrected chi connectivity index (χ2v) is 8.00. The summed E-state index contributed by atoms with van der Waals surface area (Å²) in [6.07, 6.45) is 4.98. The second kappa shape index (κ2) is 6.98. The molecule has 3 amide bonds.